The molecule has 5 rings (SSSR count). The number of carbonyl (C=O) groups excluding carboxylic acids is 3. The van der Waals surface area contributed by atoms with Crippen molar-refractivity contribution in [2.45, 2.75) is 63.8 Å². The zero-order valence-electron chi connectivity index (χ0n) is 27.1. The first-order chi connectivity index (χ1) is 22.0. The average Bonchev–Trinajstić information content (AvgIpc) is 3.73. The molecular formula is C34H43Cl2N5O4S. The molecular weight excluding hydrogens is 645 g/mol. The maximum Gasteiger partial charge on any atom is 0.336 e. The van der Waals surface area contributed by atoms with Gasteiger partial charge in [-0.15, -0.1) is 11.3 Å². The number of allylic oxidation sites excluding steroid dienone is 2. The third-order valence-electron chi connectivity index (χ3n) is 9.50. The summed E-state index contributed by atoms with van der Waals surface area (Å²) in [6.07, 6.45) is 7.68. The largest absolute Gasteiger partial charge is 0.466 e. The van der Waals surface area contributed by atoms with Crippen molar-refractivity contribution in [2.75, 3.05) is 53.4 Å². The number of halogens is 2. The molecule has 0 saturated carbocycles. The molecule has 0 N–H and O–H groups in total. The van der Waals surface area contributed by atoms with Crippen LogP contribution in [0.25, 0.3) is 0 Å². The molecule has 2 fully saturated rings. The van der Waals surface area contributed by atoms with Crippen LogP contribution in [0.3, 0.4) is 0 Å². The fourth-order valence-corrected chi connectivity index (χ4v) is 7.97. The fourth-order valence-electron chi connectivity index (χ4n) is 6.72. The van der Waals surface area contributed by atoms with E-state index in [0.29, 0.717) is 52.8 Å². The first-order valence-electron chi connectivity index (χ1n) is 15.9. The molecule has 1 aromatic heterocycles. The van der Waals surface area contributed by atoms with Gasteiger partial charge in [0.2, 0.25) is 11.8 Å². The normalized spacial score (nSPS) is 19.6. The molecule has 1 atom stereocenters. The number of thiazole rings is 1. The summed E-state index contributed by atoms with van der Waals surface area (Å²) in [5, 5.41) is 3.85. The number of nitrogens with zero attached hydrogens (tertiary/aromatic N) is 5. The Morgan fingerprint density at radius 3 is 2.41 bits per heavy atom. The Balaban J connectivity index is 1.33. The van der Waals surface area contributed by atoms with E-state index in [1.165, 1.54) is 7.11 Å². The van der Waals surface area contributed by atoms with E-state index in [0.717, 1.165) is 56.1 Å². The van der Waals surface area contributed by atoms with Crippen LogP contribution in [0.2, 0.25) is 10.0 Å². The number of amides is 2. The van der Waals surface area contributed by atoms with E-state index in [4.69, 9.17) is 27.9 Å². The lowest BCUT2D eigenvalue weighted by Crippen LogP contribution is -2.51. The van der Waals surface area contributed by atoms with Crippen LogP contribution in [0.4, 0.5) is 0 Å². The monoisotopic (exact) mass is 687 g/mol. The number of methoxy groups -OCH3 is 1. The highest BCUT2D eigenvalue weighted by molar-refractivity contribution is 7.09. The van der Waals surface area contributed by atoms with Crippen LogP contribution in [-0.4, -0.2) is 101 Å². The van der Waals surface area contributed by atoms with Crippen molar-refractivity contribution in [3.05, 3.63) is 73.4 Å². The number of ether oxygens (including phenoxy) is 1. The summed E-state index contributed by atoms with van der Waals surface area (Å²) in [4.78, 5) is 52.3. The standard InChI is InChI=1S/C34H43Cl2N5O4S/c1-34(2,41-14-6-9-29(41)42)12-15-39-16-18-40(19-17-39)30(43)22-27-32(33(44)45-4)24(31-25(35)7-5-8-26(31)36)21-23(38(27)3)10-11-28-37-13-20-46-28/h5,7-8,13,20-21,24H,6,9-12,14-19,22H2,1-4H3. The Morgan fingerprint density at radius 1 is 1.09 bits per heavy atom. The van der Waals surface area contributed by atoms with Crippen LogP contribution in [0.1, 0.15) is 62.4 Å². The number of aromatic nitrogens is 1. The van der Waals surface area contributed by atoms with Crippen LogP contribution < -0.4 is 0 Å². The van der Waals surface area contributed by atoms with Gasteiger partial charge in [-0.3, -0.25) is 14.5 Å². The second-order valence-electron chi connectivity index (χ2n) is 12.7. The number of hydrogen-bond acceptors (Lipinski definition) is 8. The lowest BCUT2D eigenvalue weighted by Gasteiger charge is -2.40. The Morgan fingerprint density at radius 2 is 1.80 bits per heavy atom. The summed E-state index contributed by atoms with van der Waals surface area (Å²) in [5.41, 5.74) is 2.34. The number of carbonyl (C=O) groups is 3. The van der Waals surface area contributed by atoms with Gasteiger partial charge in [0.15, 0.2) is 0 Å². The van der Waals surface area contributed by atoms with E-state index in [2.05, 4.69) is 23.7 Å². The highest BCUT2D eigenvalue weighted by atomic mass is 35.5. The van der Waals surface area contributed by atoms with Gasteiger partial charge in [-0.05, 0) is 45.2 Å². The van der Waals surface area contributed by atoms with Crippen molar-refractivity contribution in [3.8, 4) is 0 Å². The summed E-state index contributed by atoms with van der Waals surface area (Å²) in [6, 6.07) is 5.29. The summed E-state index contributed by atoms with van der Waals surface area (Å²) in [6.45, 7) is 8.69. The second kappa shape index (κ2) is 14.9. The van der Waals surface area contributed by atoms with Crippen LogP contribution in [0, 0.1) is 0 Å². The van der Waals surface area contributed by atoms with Crippen molar-refractivity contribution in [1.29, 1.82) is 0 Å². The molecule has 0 bridgehead atoms. The Hall–Kier alpha value is -2.92. The summed E-state index contributed by atoms with van der Waals surface area (Å²) in [5.74, 6) is -0.901. The van der Waals surface area contributed by atoms with Gasteiger partial charge in [-0.1, -0.05) is 35.3 Å². The molecule has 1 unspecified atom stereocenters. The van der Waals surface area contributed by atoms with Crippen LogP contribution in [0.15, 0.2) is 52.8 Å². The zero-order chi connectivity index (χ0) is 33.0. The molecule has 46 heavy (non-hydrogen) atoms. The molecule has 2 aromatic rings. The van der Waals surface area contributed by atoms with Crippen molar-refractivity contribution in [1.82, 2.24) is 24.6 Å². The van der Waals surface area contributed by atoms with Gasteiger partial charge in [-0.2, -0.15) is 0 Å². The molecule has 9 nitrogen and oxygen atoms in total. The summed E-state index contributed by atoms with van der Waals surface area (Å²) in [7, 11) is 3.25. The minimum Gasteiger partial charge on any atom is -0.466 e. The number of likely N-dealkylation sites (tertiary alicyclic amines) is 1. The molecule has 2 amide bonds. The fraction of sp³-hybridized carbons (Fsp3) is 0.529. The van der Waals surface area contributed by atoms with Gasteiger partial charge in [-0.25, -0.2) is 9.78 Å². The van der Waals surface area contributed by atoms with Gasteiger partial charge in [0, 0.05) is 109 Å². The predicted molar refractivity (Wildman–Crippen MR) is 182 cm³/mol. The number of rotatable bonds is 11. The molecule has 3 aliphatic heterocycles. The number of hydrogen-bond donors (Lipinski definition) is 0. The van der Waals surface area contributed by atoms with E-state index in [-0.39, 0.29) is 23.8 Å². The number of esters is 1. The second-order valence-corrected chi connectivity index (χ2v) is 14.5. The van der Waals surface area contributed by atoms with E-state index in [9.17, 15) is 14.4 Å². The van der Waals surface area contributed by atoms with E-state index < -0.39 is 11.9 Å². The van der Waals surface area contributed by atoms with E-state index in [1.807, 2.05) is 33.2 Å². The number of piperazine rings is 1. The van der Waals surface area contributed by atoms with Gasteiger partial charge < -0.3 is 19.4 Å². The molecule has 4 heterocycles. The molecule has 12 heteroatoms. The van der Waals surface area contributed by atoms with Gasteiger partial charge in [0.05, 0.1) is 24.1 Å². The maximum absolute atomic E-state index is 13.9. The minimum atomic E-state index is -0.582. The lowest BCUT2D eigenvalue weighted by molar-refractivity contribution is -0.136. The van der Waals surface area contributed by atoms with Gasteiger partial charge in [0.25, 0.3) is 0 Å². The first-order valence-corrected chi connectivity index (χ1v) is 17.5. The van der Waals surface area contributed by atoms with Crippen LogP contribution in [0.5, 0.6) is 0 Å². The third-order valence-corrected chi connectivity index (χ3v) is 11.0. The minimum absolute atomic E-state index is 0.0399. The topological polar surface area (TPSA) is 86.3 Å². The average molecular weight is 689 g/mol. The predicted octanol–water partition coefficient (Wildman–Crippen LogP) is 5.75. The number of aryl methyl sites for hydroxylation is 1. The molecule has 0 radical (unpaired) electrons. The Kier molecular flexibility index (Phi) is 11.1. The molecule has 248 valence electrons. The molecule has 2 saturated heterocycles. The molecule has 1 aromatic carbocycles. The van der Waals surface area contributed by atoms with Crippen molar-refractivity contribution < 1.29 is 19.1 Å². The first kappa shape index (κ1) is 34.4. The molecule has 3 aliphatic rings. The number of benzene rings is 1. The van der Waals surface area contributed by atoms with Crippen molar-refractivity contribution >= 4 is 52.3 Å². The lowest BCUT2D eigenvalue weighted by atomic mass is 9.84. The SMILES string of the molecule is COC(=O)C1=C(CC(=O)N2CCN(CCC(C)(C)N3CCCC3=O)CC2)N(C)C(CCc2nccs2)=CC1c1c(Cl)cccc1Cl. The summed E-state index contributed by atoms with van der Waals surface area (Å²) < 4.78 is 5.29. The molecule has 0 spiro atoms. The highest BCUT2D eigenvalue weighted by Crippen LogP contribution is 2.44. The van der Waals surface area contributed by atoms with E-state index >= 15 is 0 Å². The Labute approximate surface area is 285 Å². The highest BCUT2D eigenvalue weighted by Gasteiger charge is 2.37. The van der Waals surface area contributed by atoms with Gasteiger partial charge >= 0.3 is 5.97 Å². The third kappa shape index (κ3) is 7.62. The molecule has 0 aliphatic carbocycles. The van der Waals surface area contributed by atoms with Crippen molar-refractivity contribution in [2.24, 2.45) is 0 Å². The van der Waals surface area contributed by atoms with Crippen LogP contribution in [-0.2, 0) is 25.5 Å². The maximum atomic E-state index is 13.9. The van der Waals surface area contributed by atoms with Gasteiger partial charge in [0.1, 0.15) is 0 Å². The van der Waals surface area contributed by atoms with Crippen molar-refractivity contribution in [3.63, 3.8) is 0 Å². The zero-order valence-corrected chi connectivity index (χ0v) is 29.4. The quantitative estimate of drug-likeness (QED) is 0.278. The Bertz CT molecular complexity index is 1480. The summed E-state index contributed by atoms with van der Waals surface area (Å²) >= 11 is 15.0. The van der Waals surface area contributed by atoms with E-state index in [1.54, 1.807) is 35.7 Å². The smallest absolute Gasteiger partial charge is 0.336 e. The van der Waals surface area contributed by atoms with Crippen LogP contribution >= 0.6 is 34.5 Å².